The molecule has 0 atom stereocenters. The Balaban J connectivity index is 2.63. The van der Waals surface area contributed by atoms with E-state index in [9.17, 15) is 0 Å². The average Bonchev–Trinajstić information content (AvgIpc) is 2.27. The molecule has 2 rings (SSSR count). The van der Waals surface area contributed by atoms with Crippen molar-refractivity contribution < 1.29 is 4.74 Å². The molecule has 4 heteroatoms. The summed E-state index contributed by atoms with van der Waals surface area (Å²) in [5.74, 6) is 0.513. The minimum Gasteiger partial charge on any atom is -0.491 e. The van der Waals surface area contributed by atoms with Crippen molar-refractivity contribution in [3.05, 3.63) is 40.8 Å². The number of aryl methyl sites for hydroxylation is 2. The third-order valence-electron chi connectivity index (χ3n) is 2.46. The van der Waals surface area contributed by atoms with Crippen LogP contribution in [0.25, 0.3) is 11.3 Å². The van der Waals surface area contributed by atoms with Crippen LogP contribution in [0.15, 0.2) is 24.5 Å². The van der Waals surface area contributed by atoms with E-state index in [1.165, 1.54) is 17.5 Å². The summed E-state index contributed by atoms with van der Waals surface area (Å²) in [4.78, 5) is 8.15. The lowest BCUT2D eigenvalue weighted by atomic mass is 10.0. The predicted molar refractivity (Wildman–Crippen MR) is 68.5 cm³/mol. The van der Waals surface area contributed by atoms with E-state index in [4.69, 9.17) is 16.3 Å². The van der Waals surface area contributed by atoms with Gasteiger partial charge in [0.15, 0.2) is 10.9 Å². The predicted octanol–water partition coefficient (Wildman–Crippen LogP) is 3.42. The third-order valence-corrected chi connectivity index (χ3v) is 2.73. The van der Waals surface area contributed by atoms with E-state index in [1.54, 1.807) is 7.11 Å². The van der Waals surface area contributed by atoms with Crippen LogP contribution in [0.3, 0.4) is 0 Å². The van der Waals surface area contributed by atoms with Crippen LogP contribution in [0.4, 0.5) is 0 Å². The maximum Gasteiger partial charge on any atom is 0.182 e. The van der Waals surface area contributed by atoms with Gasteiger partial charge in [-0.3, -0.25) is 0 Å². The van der Waals surface area contributed by atoms with Crippen molar-refractivity contribution in [2.45, 2.75) is 13.8 Å². The number of rotatable bonds is 2. The van der Waals surface area contributed by atoms with Crippen LogP contribution in [0.5, 0.6) is 5.75 Å². The van der Waals surface area contributed by atoms with E-state index < -0.39 is 0 Å². The van der Waals surface area contributed by atoms with Crippen LogP contribution < -0.4 is 4.74 Å². The first-order valence-electron chi connectivity index (χ1n) is 5.25. The Labute approximate surface area is 105 Å². The fourth-order valence-corrected chi connectivity index (χ4v) is 2.06. The summed E-state index contributed by atoms with van der Waals surface area (Å²) in [6.07, 6.45) is 1.44. The van der Waals surface area contributed by atoms with E-state index in [1.807, 2.05) is 26.0 Å². The van der Waals surface area contributed by atoms with Crippen molar-refractivity contribution in [1.82, 2.24) is 9.97 Å². The molecule has 17 heavy (non-hydrogen) atoms. The molecule has 0 saturated carbocycles. The Morgan fingerprint density at radius 1 is 1.06 bits per heavy atom. The molecule has 0 aliphatic carbocycles. The summed E-state index contributed by atoms with van der Waals surface area (Å²) in [7, 11) is 1.57. The number of aromatic nitrogens is 2. The van der Waals surface area contributed by atoms with Crippen LogP contribution in [0.1, 0.15) is 11.1 Å². The molecule has 1 aromatic heterocycles. The number of benzene rings is 1. The largest absolute Gasteiger partial charge is 0.491 e. The minimum atomic E-state index is 0.330. The van der Waals surface area contributed by atoms with Gasteiger partial charge in [0.1, 0.15) is 12.0 Å². The van der Waals surface area contributed by atoms with Crippen LogP contribution >= 0.6 is 11.6 Å². The molecule has 1 heterocycles. The van der Waals surface area contributed by atoms with Gasteiger partial charge in [-0.05, 0) is 26.0 Å². The summed E-state index contributed by atoms with van der Waals surface area (Å²) >= 11 is 5.98. The number of methoxy groups -OCH3 is 1. The van der Waals surface area contributed by atoms with Gasteiger partial charge in [-0.2, -0.15) is 0 Å². The maximum absolute atomic E-state index is 5.98. The normalized spacial score (nSPS) is 10.4. The monoisotopic (exact) mass is 248 g/mol. The molecule has 1 aromatic carbocycles. The Bertz CT molecular complexity index is 535. The summed E-state index contributed by atoms with van der Waals surface area (Å²) in [6, 6.07) is 6.21. The zero-order valence-corrected chi connectivity index (χ0v) is 10.7. The summed E-state index contributed by atoms with van der Waals surface area (Å²) in [6.45, 7) is 4.09. The number of nitrogens with zero attached hydrogens (tertiary/aromatic N) is 2. The second-order valence-corrected chi connectivity index (χ2v) is 4.28. The van der Waals surface area contributed by atoms with Crippen LogP contribution in [-0.2, 0) is 0 Å². The average molecular weight is 249 g/mol. The molecule has 0 N–H and O–H groups in total. The van der Waals surface area contributed by atoms with E-state index in [-0.39, 0.29) is 0 Å². The van der Waals surface area contributed by atoms with Crippen molar-refractivity contribution in [3.8, 4) is 17.0 Å². The Morgan fingerprint density at radius 3 is 2.29 bits per heavy atom. The molecule has 88 valence electrons. The lowest BCUT2D eigenvalue weighted by Crippen LogP contribution is -1.95. The first-order valence-corrected chi connectivity index (χ1v) is 5.62. The number of hydrogen-bond donors (Lipinski definition) is 0. The molecule has 0 fully saturated rings. The summed E-state index contributed by atoms with van der Waals surface area (Å²) in [5, 5.41) is 0.330. The fourth-order valence-electron chi connectivity index (χ4n) is 1.85. The molecule has 0 bridgehead atoms. The van der Waals surface area contributed by atoms with Gasteiger partial charge in [0.05, 0.1) is 7.11 Å². The maximum atomic E-state index is 5.98. The Morgan fingerprint density at radius 2 is 1.71 bits per heavy atom. The number of ether oxygens (including phenoxy) is 1. The lowest BCUT2D eigenvalue weighted by molar-refractivity contribution is 0.413. The molecule has 3 nitrogen and oxygen atoms in total. The van der Waals surface area contributed by atoms with Crippen LogP contribution in [0.2, 0.25) is 5.15 Å². The second-order valence-electron chi connectivity index (χ2n) is 3.92. The smallest absolute Gasteiger partial charge is 0.182 e. The van der Waals surface area contributed by atoms with Gasteiger partial charge in [0.25, 0.3) is 0 Å². The molecule has 0 unspecified atom stereocenters. The summed E-state index contributed by atoms with van der Waals surface area (Å²) < 4.78 is 5.25. The highest BCUT2D eigenvalue weighted by Crippen LogP contribution is 2.33. The molecule has 0 radical (unpaired) electrons. The van der Waals surface area contributed by atoms with Crippen molar-refractivity contribution in [2.24, 2.45) is 0 Å². The molecular weight excluding hydrogens is 236 g/mol. The van der Waals surface area contributed by atoms with Gasteiger partial charge >= 0.3 is 0 Å². The van der Waals surface area contributed by atoms with Crippen molar-refractivity contribution in [3.63, 3.8) is 0 Å². The van der Waals surface area contributed by atoms with Gasteiger partial charge in [0, 0.05) is 5.56 Å². The third kappa shape index (κ3) is 2.39. The SMILES string of the molecule is COc1c(Cl)ncnc1-c1cc(C)cc(C)c1. The van der Waals surface area contributed by atoms with Gasteiger partial charge < -0.3 is 4.74 Å². The van der Waals surface area contributed by atoms with Gasteiger partial charge in [-0.1, -0.05) is 28.8 Å². The second kappa shape index (κ2) is 4.72. The highest BCUT2D eigenvalue weighted by Gasteiger charge is 2.12. The molecule has 0 aliphatic heterocycles. The van der Waals surface area contributed by atoms with Crippen molar-refractivity contribution in [2.75, 3.05) is 7.11 Å². The number of hydrogen-bond acceptors (Lipinski definition) is 3. The topological polar surface area (TPSA) is 35.0 Å². The minimum absolute atomic E-state index is 0.330. The number of halogens is 1. The highest BCUT2D eigenvalue weighted by molar-refractivity contribution is 6.31. The molecular formula is C13H13ClN2O. The van der Waals surface area contributed by atoms with Crippen LogP contribution in [-0.4, -0.2) is 17.1 Å². The van der Waals surface area contributed by atoms with Gasteiger partial charge in [-0.25, -0.2) is 9.97 Å². The lowest BCUT2D eigenvalue weighted by Gasteiger charge is -2.09. The van der Waals surface area contributed by atoms with Gasteiger partial charge in [0.2, 0.25) is 0 Å². The molecule has 0 aliphatic rings. The van der Waals surface area contributed by atoms with E-state index in [2.05, 4.69) is 16.0 Å². The first-order chi connectivity index (χ1) is 8.11. The molecule has 0 amide bonds. The fraction of sp³-hybridized carbons (Fsp3) is 0.231. The van der Waals surface area contributed by atoms with E-state index >= 15 is 0 Å². The highest BCUT2D eigenvalue weighted by atomic mass is 35.5. The first kappa shape index (κ1) is 11.9. The summed E-state index contributed by atoms with van der Waals surface area (Å²) in [5.41, 5.74) is 4.07. The Hall–Kier alpha value is -1.61. The van der Waals surface area contributed by atoms with Crippen molar-refractivity contribution >= 4 is 11.6 Å². The molecule has 0 saturated heterocycles. The van der Waals surface area contributed by atoms with Crippen molar-refractivity contribution in [1.29, 1.82) is 0 Å². The van der Waals surface area contributed by atoms with E-state index in [0.717, 1.165) is 11.3 Å². The standard InChI is InChI=1S/C13H13ClN2O/c1-8-4-9(2)6-10(5-8)11-12(17-3)13(14)16-7-15-11/h4-7H,1-3H3. The van der Waals surface area contributed by atoms with Crippen LogP contribution in [0, 0.1) is 13.8 Å². The Kier molecular flexibility index (Phi) is 3.29. The zero-order chi connectivity index (χ0) is 12.4. The molecule has 0 spiro atoms. The quantitative estimate of drug-likeness (QED) is 0.764. The molecule has 2 aromatic rings. The van der Waals surface area contributed by atoms with E-state index in [0.29, 0.717) is 10.9 Å². The van der Waals surface area contributed by atoms with Gasteiger partial charge in [-0.15, -0.1) is 0 Å². The zero-order valence-electron chi connectivity index (χ0n) is 9.99.